The summed E-state index contributed by atoms with van der Waals surface area (Å²) in [6.45, 7) is 1.55. The molecule has 15 heavy (non-hydrogen) atoms. The normalized spacial score (nSPS) is 10.0. The number of benzene rings is 1. The van der Waals surface area contributed by atoms with E-state index < -0.39 is 9.85 Å². The molecule has 1 aromatic carbocycles. The van der Waals surface area contributed by atoms with Crippen molar-refractivity contribution in [2.45, 2.75) is 12.8 Å². The number of hydrogen-bond donors (Lipinski definition) is 0. The van der Waals surface area contributed by atoms with E-state index in [0.717, 1.165) is 0 Å². The summed E-state index contributed by atoms with van der Waals surface area (Å²) < 4.78 is 0. The molecule has 0 aliphatic carbocycles. The first kappa shape index (κ1) is 11.4. The number of nitro groups is 2. The average Bonchev–Trinajstić information content (AvgIpc) is 2.16. The Morgan fingerprint density at radius 3 is 1.87 bits per heavy atom. The third-order valence-electron chi connectivity index (χ3n) is 1.87. The Kier molecular flexibility index (Phi) is 3.21. The predicted octanol–water partition coefficient (Wildman–Crippen LogP) is 2.55. The average molecular weight is 231 g/mol. The summed E-state index contributed by atoms with van der Waals surface area (Å²) in [5.74, 6) is -0.257. The molecule has 0 aromatic heterocycles. The maximum absolute atomic E-state index is 10.6. The van der Waals surface area contributed by atoms with Gasteiger partial charge in [-0.25, -0.2) is 0 Å². The molecule has 0 spiro atoms. The van der Waals surface area contributed by atoms with E-state index in [4.69, 9.17) is 11.6 Å². The summed E-state index contributed by atoms with van der Waals surface area (Å²) in [5.41, 5.74) is -0.215. The molecular weight excluding hydrogens is 224 g/mol. The van der Waals surface area contributed by atoms with Gasteiger partial charge in [0.05, 0.1) is 15.7 Å². The first-order valence-electron chi connectivity index (χ1n) is 3.95. The Bertz CT molecular complexity index is 398. The van der Waals surface area contributed by atoms with Gasteiger partial charge in [0, 0.05) is 12.1 Å². The van der Waals surface area contributed by atoms with Crippen molar-refractivity contribution in [3.63, 3.8) is 0 Å². The zero-order chi connectivity index (χ0) is 11.6. The van der Waals surface area contributed by atoms with E-state index in [1.807, 2.05) is 0 Å². The molecule has 6 nitrogen and oxygen atoms in total. The standard InChI is InChI=1S/C8H7ClN2O4/c1-5-2-7(10(12)13)6(4-9)8(3-5)11(14)15/h2-3H,4H2,1H3. The maximum Gasteiger partial charge on any atom is 0.280 e. The van der Waals surface area contributed by atoms with Crippen LogP contribution in [0, 0.1) is 27.2 Å². The topological polar surface area (TPSA) is 86.3 Å². The highest BCUT2D eigenvalue weighted by Crippen LogP contribution is 2.31. The highest BCUT2D eigenvalue weighted by molar-refractivity contribution is 6.17. The quantitative estimate of drug-likeness (QED) is 0.454. The van der Waals surface area contributed by atoms with Gasteiger partial charge in [0.2, 0.25) is 0 Å². The van der Waals surface area contributed by atoms with E-state index >= 15 is 0 Å². The molecule has 0 bridgehead atoms. The molecule has 0 N–H and O–H groups in total. The van der Waals surface area contributed by atoms with Gasteiger partial charge in [0.1, 0.15) is 5.56 Å². The second-order valence-electron chi connectivity index (χ2n) is 2.93. The lowest BCUT2D eigenvalue weighted by Crippen LogP contribution is -2.00. The highest BCUT2D eigenvalue weighted by Gasteiger charge is 2.24. The van der Waals surface area contributed by atoms with E-state index in [1.54, 1.807) is 6.92 Å². The number of aryl methyl sites for hydroxylation is 1. The van der Waals surface area contributed by atoms with E-state index in [2.05, 4.69) is 0 Å². The van der Waals surface area contributed by atoms with Gasteiger partial charge in [-0.05, 0) is 12.5 Å². The molecule has 1 rings (SSSR count). The van der Waals surface area contributed by atoms with E-state index in [0.29, 0.717) is 5.56 Å². The molecule has 80 valence electrons. The summed E-state index contributed by atoms with van der Waals surface area (Å²) in [5, 5.41) is 21.3. The second-order valence-corrected chi connectivity index (χ2v) is 3.20. The van der Waals surface area contributed by atoms with Crippen molar-refractivity contribution in [2.24, 2.45) is 0 Å². The van der Waals surface area contributed by atoms with Crippen LogP contribution in [0.3, 0.4) is 0 Å². The first-order valence-corrected chi connectivity index (χ1v) is 4.49. The van der Waals surface area contributed by atoms with Crippen LogP contribution in [0.4, 0.5) is 11.4 Å². The Hall–Kier alpha value is -1.69. The fourth-order valence-electron chi connectivity index (χ4n) is 1.24. The second kappa shape index (κ2) is 4.22. The number of nitro benzene ring substituents is 2. The molecule has 0 unspecified atom stereocenters. The molecule has 0 aliphatic rings. The minimum absolute atomic E-state index is 0.0581. The number of halogens is 1. The zero-order valence-electron chi connectivity index (χ0n) is 7.77. The van der Waals surface area contributed by atoms with E-state index in [1.165, 1.54) is 12.1 Å². The lowest BCUT2D eigenvalue weighted by Gasteiger charge is -2.02. The van der Waals surface area contributed by atoms with Crippen LogP contribution < -0.4 is 0 Å². The van der Waals surface area contributed by atoms with Gasteiger partial charge in [-0.1, -0.05) is 0 Å². The molecular formula is C8H7ClN2O4. The van der Waals surface area contributed by atoms with Crippen molar-refractivity contribution in [2.75, 3.05) is 0 Å². The summed E-state index contributed by atoms with van der Waals surface area (Å²) in [6.07, 6.45) is 0. The van der Waals surface area contributed by atoms with Crippen LogP contribution in [-0.2, 0) is 5.88 Å². The van der Waals surface area contributed by atoms with Gasteiger partial charge in [0.15, 0.2) is 0 Å². The third kappa shape index (κ3) is 2.21. The Labute approximate surface area is 89.8 Å². The highest BCUT2D eigenvalue weighted by atomic mass is 35.5. The van der Waals surface area contributed by atoms with Crippen LogP contribution in [0.25, 0.3) is 0 Å². The Balaban J connectivity index is 3.52. The lowest BCUT2D eigenvalue weighted by molar-refractivity contribution is -0.395. The van der Waals surface area contributed by atoms with Gasteiger partial charge in [-0.2, -0.15) is 0 Å². The van der Waals surface area contributed by atoms with Crippen LogP contribution >= 0.6 is 11.6 Å². The minimum Gasteiger partial charge on any atom is -0.258 e. The molecule has 0 radical (unpaired) electrons. The maximum atomic E-state index is 10.6. The molecule has 0 atom stereocenters. The molecule has 0 amide bonds. The van der Waals surface area contributed by atoms with Crippen LogP contribution in [0.15, 0.2) is 12.1 Å². The summed E-state index contributed by atoms with van der Waals surface area (Å²) >= 11 is 5.47. The molecule has 7 heteroatoms. The lowest BCUT2D eigenvalue weighted by atomic mass is 10.1. The molecule has 1 aromatic rings. The van der Waals surface area contributed by atoms with Gasteiger partial charge < -0.3 is 0 Å². The summed E-state index contributed by atoms with van der Waals surface area (Å²) in [7, 11) is 0. The first-order chi connectivity index (χ1) is 6.97. The van der Waals surface area contributed by atoms with Crippen molar-refractivity contribution in [1.29, 1.82) is 0 Å². The van der Waals surface area contributed by atoms with Crippen molar-refractivity contribution >= 4 is 23.0 Å². The molecule has 0 saturated heterocycles. The molecule has 0 fully saturated rings. The van der Waals surface area contributed by atoms with Crippen molar-refractivity contribution < 1.29 is 9.85 Å². The van der Waals surface area contributed by atoms with Gasteiger partial charge >= 0.3 is 0 Å². The van der Waals surface area contributed by atoms with Crippen molar-refractivity contribution in [3.8, 4) is 0 Å². The monoisotopic (exact) mass is 230 g/mol. The van der Waals surface area contributed by atoms with Gasteiger partial charge in [0.25, 0.3) is 11.4 Å². The smallest absolute Gasteiger partial charge is 0.258 e. The summed E-state index contributed by atoms with van der Waals surface area (Å²) in [4.78, 5) is 19.9. The largest absolute Gasteiger partial charge is 0.280 e. The van der Waals surface area contributed by atoms with Crippen LogP contribution in [0.5, 0.6) is 0 Å². The minimum atomic E-state index is -0.669. The zero-order valence-corrected chi connectivity index (χ0v) is 8.52. The van der Waals surface area contributed by atoms with Gasteiger partial charge in [-0.15, -0.1) is 11.6 Å². The van der Waals surface area contributed by atoms with Crippen LogP contribution in [0.2, 0.25) is 0 Å². The van der Waals surface area contributed by atoms with E-state index in [9.17, 15) is 20.2 Å². The third-order valence-corrected chi connectivity index (χ3v) is 2.14. The fraction of sp³-hybridized carbons (Fsp3) is 0.250. The van der Waals surface area contributed by atoms with Gasteiger partial charge in [-0.3, -0.25) is 20.2 Å². The van der Waals surface area contributed by atoms with E-state index in [-0.39, 0.29) is 22.8 Å². The summed E-state index contributed by atoms with van der Waals surface area (Å²) in [6, 6.07) is 2.54. The van der Waals surface area contributed by atoms with Crippen LogP contribution in [0.1, 0.15) is 11.1 Å². The number of alkyl halides is 1. The molecule has 0 aliphatic heterocycles. The number of rotatable bonds is 3. The Morgan fingerprint density at radius 1 is 1.20 bits per heavy atom. The van der Waals surface area contributed by atoms with Crippen molar-refractivity contribution in [3.05, 3.63) is 43.5 Å². The predicted molar refractivity (Wildman–Crippen MR) is 54.0 cm³/mol. The fourth-order valence-corrected chi connectivity index (χ4v) is 1.51. The van der Waals surface area contributed by atoms with Crippen molar-refractivity contribution in [1.82, 2.24) is 0 Å². The van der Waals surface area contributed by atoms with Crippen LogP contribution in [-0.4, -0.2) is 9.85 Å². The number of hydrogen-bond acceptors (Lipinski definition) is 4. The molecule has 0 saturated carbocycles. The Morgan fingerprint density at radius 2 is 1.60 bits per heavy atom. The molecule has 0 heterocycles. The number of nitrogens with zero attached hydrogens (tertiary/aromatic N) is 2. The SMILES string of the molecule is Cc1cc([N+](=O)[O-])c(CCl)c([N+](=O)[O-])c1.